The molecule has 0 radical (unpaired) electrons. The Kier molecular flexibility index (Phi) is 3.09. The lowest BCUT2D eigenvalue weighted by Crippen LogP contribution is -2.25. The topological polar surface area (TPSA) is 35.5 Å². The SMILES string of the molecule is CC(C)C[C@@H]1OC(C)(C)O[C@@H]1C=O. The van der Waals surface area contributed by atoms with E-state index in [0.717, 1.165) is 12.7 Å². The van der Waals surface area contributed by atoms with E-state index in [1.54, 1.807) is 0 Å². The van der Waals surface area contributed by atoms with Gasteiger partial charge in [-0.25, -0.2) is 0 Å². The van der Waals surface area contributed by atoms with Gasteiger partial charge in [-0.1, -0.05) is 13.8 Å². The molecule has 0 aromatic rings. The third-order valence-corrected chi connectivity index (χ3v) is 2.06. The standard InChI is InChI=1S/C10H18O3/c1-7(2)5-8-9(6-11)13-10(3,4)12-8/h6-9H,5H2,1-4H3/t8-,9+/m0/s1. The Hall–Kier alpha value is -0.410. The van der Waals surface area contributed by atoms with Gasteiger partial charge in [-0.2, -0.15) is 0 Å². The summed E-state index contributed by atoms with van der Waals surface area (Å²) < 4.78 is 11.0. The highest BCUT2D eigenvalue weighted by atomic mass is 16.8. The minimum absolute atomic E-state index is 0.0764. The Labute approximate surface area is 79.4 Å². The highest BCUT2D eigenvalue weighted by Gasteiger charge is 2.40. The molecule has 0 unspecified atom stereocenters. The molecular formula is C10H18O3. The second-order valence-corrected chi connectivity index (χ2v) is 4.40. The fraction of sp³-hybridized carbons (Fsp3) is 0.900. The van der Waals surface area contributed by atoms with Crippen LogP contribution in [0.5, 0.6) is 0 Å². The van der Waals surface area contributed by atoms with Crippen LogP contribution in [-0.2, 0) is 14.3 Å². The van der Waals surface area contributed by atoms with Gasteiger partial charge in [0.05, 0.1) is 6.10 Å². The van der Waals surface area contributed by atoms with Crippen LogP contribution in [0.4, 0.5) is 0 Å². The largest absolute Gasteiger partial charge is 0.344 e. The molecule has 1 aliphatic rings. The number of carbonyl (C=O) groups is 1. The van der Waals surface area contributed by atoms with Crippen LogP contribution in [0.1, 0.15) is 34.1 Å². The van der Waals surface area contributed by atoms with Crippen LogP contribution >= 0.6 is 0 Å². The van der Waals surface area contributed by atoms with E-state index >= 15 is 0 Å². The number of carbonyl (C=O) groups excluding carboxylic acids is 1. The van der Waals surface area contributed by atoms with Crippen molar-refractivity contribution in [3.05, 3.63) is 0 Å². The molecule has 0 aliphatic carbocycles. The maximum Gasteiger partial charge on any atom is 0.164 e. The maximum atomic E-state index is 10.7. The van der Waals surface area contributed by atoms with E-state index in [0.29, 0.717) is 5.92 Å². The fourth-order valence-electron chi connectivity index (χ4n) is 1.63. The van der Waals surface area contributed by atoms with Crippen LogP contribution in [0.25, 0.3) is 0 Å². The third kappa shape index (κ3) is 2.78. The first-order chi connectivity index (χ1) is 5.94. The van der Waals surface area contributed by atoms with Gasteiger partial charge in [0.1, 0.15) is 6.10 Å². The zero-order valence-corrected chi connectivity index (χ0v) is 8.74. The summed E-state index contributed by atoms with van der Waals surface area (Å²) in [4.78, 5) is 10.7. The van der Waals surface area contributed by atoms with Crippen molar-refractivity contribution in [3.63, 3.8) is 0 Å². The third-order valence-electron chi connectivity index (χ3n) is 2.06. The van der Waals surface area contributed by atoms with Gasteiger partial charge in [0.15, 0.2) is 12.1 Å². The molecule has 1 rings (SSSR count). The highest BCUT2D eigenvalue weighted by molar-refractivity contribution is 5.57. The number of hydrogen-bond acceptors (Lipinski definition) is 3. The van der Waals surface area contributed by atoms with Crippen molar-refractivity contribution in [3.8, 4) is 0 Å². The van der Waals surface area contributed by atoms with Crippen LogP contribution in [0.3, 0.4) is 0 Å². The van der Waals surface area contributed by atoms with Crippen LogP contribution in [-0.4, -0.2) is 24.3 Å². The van der Waals surface area contributed by atoms with E-state index in [-0.39, 0.29) is 6.10 Å². The predicted molar refractivity (Wildman–Crippen MR) is 49.3 cm³/mol. The first-order valence-electron chi connectivity index (χ1n) is 4.75. The first-order valence-corrected chi connectivity index (χ1v) is 4.75. The molecule has 0 amide bonds. The van der Waals surface area contributed by atoms with Crippen LogP contribution in [0.15, 0.2) is 0 Å². The van der Waals surface area contributed by atoms with Crippen molar-refractivity contribution in [1.29, 1.82) is 0 Å². The molecule has 1 saturated heterocycles. The second kappa shape index (κ2) is 3.76. The average Bonchev–Trinajstić information content (AvgIpc) is 2.24. The summed E-state index contributed by atoms with van der Waals surface area (Å²) in [6.45, 7) is 7.89. The van der Waals surface area contributed by atoms with Crippen LogP contribution < -0.4 is 0 Å². The summed E-state index contributed by atoms with van der Waals surface area (Å²) >= 11 is 0. The van der Waals surface area contributed by atoms with Crippen molar-refractivity contribution in [1.82, 2.24) is 0 Å². The number of ether oxygens (including phenoxy) is 2. The Balaban J connectivity index is 2.58. The lowest BCUT2D eigenvalue weighted by Gasteiger charge is -2.17. The summed E-state index contributed by atoms with van der Waals surface area (Å²) in [6, 6.07) is 0. The van der Waals surface area contributed by atoms with E-state index in [4.69, 9.17) is 9.47 Å². The first kappa shape index (κ1) is 10.7. The monoisotopic (exact) mass is 186 g/mol. The quantitative estimate of drug-likeness (QED) is 0.630. The molecule has 3 heteroatoms. The van der Waals surface area contributed by atoms with Crippen molar-refractivity contribution in [2.75, 3.05) is 0 Å². The average molecular weight is 186 g/mol. The van der Waals surface area contributed by atoms with E-state index in [1.165, 1.54) is 0 Å². The Morgan fingerprint density at radius 2 is 2.00 bits per heavy atom. The smallest absolute Gasteiger partial charge is 0.164 e. The predicted octanol–water partition coefficient (Wildman–Crippen LogP) is 1.75. The number of aldehydes is 1. The molecule has 1 heterocycles. The summed E-state index contributed by atoms with van der Waals surface area (Å²) in [5.41, 5.74) is 0. The van der Waals surface area contributed by atoms with E-state index in [9.17, 15) is 4.79 Å². The fourth-order valence-corrected chi connectivity index (χ4v) is 1.63. The van der Waals surface area contributed by atoms with Gasteiger partial charge in [0.25, 0.3) is 0 Å². The highest BCUT2D eigenvalue weighted by Crippen LogP contribution is 2.30. The molecule has 76 valence electrons. The van der Waals surface area contributed by atoms with Gasteiger partial charge in [-0.15, -0.1) is 0 Å². The zero-order valence-electron chi connectivity index (χ0n) is 8.74. The van der Waals surface area contributed by atoms with E-state index < -0.39 is 11.9 Å². The number of hydrogen-bond donors (Lipinski definition) is 0. The van der Waals surface area contributed by atoms with Crippen LogP contribution in [0, 0.1) is 5.92 Å². The van der Waals surface area contributed by atoms with Gasteiger partial charge in [-0.3, -0.25) is 0 Å². The molecule has 3 nitrogen and oxygen atoms in total. The van der Waals surface area contributed by atoms with Crippen molar-refractivity contribution >= 4 is 6.29 Å². The summed E-state index contributed by atoms with van der Waals surface area (Å²) in [7, 11) is 0. The Morgan fingerprint density at radius 3 is 2.46 bits per heavy atom. The van der Waals surface area contributed by atoms with E-state index in [1.807, 2.05) is 13.8 Å². The summed E-state index contributed by atoms with van der Waals surface area (Å²) in [6.07, 6.45) is 1.24. The lowest BCUT2D eigenvalue weighted by atomic mass is 10.0. The molecule has 0 bridgehead atoms. The molecule has 0 aromatic carbocycles. The van der Waals surface area contributed by atoms with Crippen molar-refractivity contribution in [2.24, 2.45) is 5.92 Å². The maximum absolute atomic E-state index is 10.7. The molecule has 13 heavy (non-hydrogen) atoms. The summed E-state index contributed by atoms with van der Waals surface area (Å²) in [5.74, 6) is -0.0875. The van der Waals surface area contributed by atoms with Crippen molar-refractivity contribution < 1.29 is 14.3 Å². The molecule has 0 spiro atoms. The molecule has 0 N–H and O–H groups in total. The minimum Gasteiger partial charge on any atom is -0.344 e. The summed E-state index contributed by atoms with van der Waals surface area (Å²) in [5, 5.41) is 0. The minimum atomic E-state index is -0.606. The molecule has 2 atom stereocenters. The Bertz CT molecular complexity index is 187. The van der Waals surface area contributed by atoms with E-state index in [2.05, 4.69) is 13.8 Å². The van der Waals surface area contributed by atoms with Gasteiger partial charge in [-0.05, 0) is 26.2 Å². The lowest BCUT2D eigenvalue weighted by molar-refractivity contribution is -0.150. The molecule has 1 fully saturated rings. The van der Waals surface area contributed by atoms with Gasteiger partial charge in [0.2, 0.25) is 0 Å². The molecular weight excluding hydrogens is 168 g/mol. The number of rotatable bonds is 3. The van der Waals surface area contributed by atoms with Crippen LogP contribution in [0.2, 0.25) is 0 Å². The van der Waals surface area contributed by atoms with Crippen molar-refractivity contribution in [2.45, 2.75) is 52.1 Å². The molecule has 0 saturated carbocycles. The van der Waals surface area contributed by atoms with Gasteiger partial charge in [0, 0.05) is 0 Å². The molecule has 0 aromatic heterocycles. The second-order valence-electron chi connectivity index (χ2n) is 4.40. The molecule has 1 aliphatic heterocycles. The normalized spacial score (nSPS) is 32.4. The van der Waals surface area contributed by atoms with Gasteiger partial charge < -0.3 is 14.3 Å². The van der Waals surface area contributed by atoms with Gasteiger partial charge >= 0.3 is 0 Å². The zero-order chi connectivity index (χ0) is 10.1. The Morgan fingerprint density at radius 1 is 1.38 bits per heavy atom.